The topological polar surface area (TPSA) is 36.9 Å². The van der Waals surface area contributed by atoms with Crippen LogP contribution < -0.4 is 5.32 Å². The molecule has 0 aromatic rings. The molecule has 4 heteroatoms. The summed E-state index contributed by atoms with van der Waals surface area (Å²) in [6, 6.07) is 0. The fourth-order valence-electron chi connectivity index (χ4n) is 1.53. The number of likely N-dealkylation sites (N-methyl/N-ethyl adjacent to an activating group) is 1. The molecule has 0 bridgehead atoms. The van der Waals surface area contributed by atoms with Crippen LogP contribution >= 0.6 is 0 Å². The predicted octanol–water partition coefficient (Wildman–Crippen LogP) is 3.94. The van der Waals surface area contributed by atoms with Crippen LogP contribution in [0.25, 0.3) is 0 Å². The van der Waals surface area contributed by atoms with E-state index in [2.05, 4.69) is 35.4 Å². The van der Waals surface area contributed by atoms with Gasteiger partial charge in [-0.25, -0.2) is 4.99 Å². The van der Waals surface area contributed by atoms with Crippen LogP contribution in [0.5, 0.6) is 0 Å². The van der Waals surface area contributed by atoms with Gasteiger partial charge in [0, 0.05) is 19.6 Å². The Balaban J connectivity index is 0. The number of rotatable bonds is 10. The molecule has 0 rings (SSSR count). The molecule has 0 amide bonds. The molecular weight excluding hydrogens is 262 g/mol. The van der Waals surface area contributed by atoms with Crippen LogP contribution in [0, 0.1) is 0 Å². The summed E-state index contributed by atoms with van der Waals surface area (Å²) in [7, 11) is 0. The van der Waals surface area contributed by atoms with Gasteiger partial charge in [-0.3, -0.25) is 0 Å². The highest BCUT2D eigenvalue weighted by atomic mass is 16.5. The molecule has 0 fully saturated rings. The summed E-state index contributed by atoms with van der Waals surface area (Å²) >= 11 is 0. The highest BCUT2D eigenvalue weighted by Gasteiger charge is 2.05. The minimum atomic E-state index is 0.141. The summed E-state index contributed by atoms with van der Waals surface area (Å²) in [5, 5.41) is 3.15. The van der Waals surface area contributed by atoms with Crippen molar-refractivity contribution in [1.29, 1.82) is 0 Å². The number of nitrogens with zero attached hydrogens (tertiary/aromatic N) is 2. The second kappa shape index (κ2) is 14.7. The Hall–Kier alpha value is -1.71. The van der Waals surface area contributed by atoms with E-state index in [4.69, 9.17) is 4.74 Å². The lowest BCUT2D eigenvalue weighted by Gasteiger charge is -2.23. The second-order valence-corrected chi connectivity index (χ2v) is 4.30. The molecule has 0 unspecified atom stereocenters. The first-order chi connectivity index (χ1) is 10.0. The summed E-state index contributed by atoms with van der Waals surface area (Å²) in [6.07, 6.45) is 6.02. The third kappa shape index (κ3) is 11.8. The van der Waals surface area contributed by atoms with E-state index in [1.54, 1.807) is 0 Å². The average molecular weight is 295 g/mol. The lowest BCUT2D eigenvalue weighted by molar-refractivity contribution is 0.130. The van der Waals surface area contributed by atoms with Gasteiger partial charge in [-0.05, 0) is 47.1 Å². The van der Waals surface area contributed by atoms with Gasteiger partial charge in [0.15, 0.2) is 5.88 Å². The molecule has 0 aromatic carbocycles. The van der Waals surface area contributed by atoms with Gasteiger partial charge in [0.2, 0.25) is 0 Å². The number of aliphatic imine (C=N–C) groups is 1. The van der Waals surface area contributed by atoms with E-state index < -0.39 is 0 Å². The molecule has 4 nitrogen and oxygen atoms in total. The highest BCUT2D eigenvalue weighted by molar-refractivity contribution is 5.29. The van der Waals surface area contributed by atoms with Crippen molar-refractivity contribution in [3.8, 4) is 0 Å². The maximum atomic E-state index is 5.43. The summed E-state index contributed by atoms with van der Waals surface area (Å²) in [6.45, 7) is 21.9. The molecule has 0 aromatic heterocycles. The highest BCUT2D eigenvalue weighted by Crippen LogP contribution is 2.05. The first-order valence-electron chi connectivity index (χ1n) is 7.69. The van der Waals surface area contributed by atoms with Crippen molar-refractivity contribution in [1.82, 2.24) is 10.2 Å². The zero-order valence-corrected chi connectivity index (χ0v) is 14.6. The van der Waals surface area contributed by atoms with E-state index in [0.717, 1.165) is 25.5 Å². The fourth-order valence-corrected chi connectivity index (χ4v) is 1.53. The molecule has 122 valence electrons. The van der Waals surface area contributed by atoms with Crippen molar-refractivity contribution < 1.29 is 4.74 Å². The van der Waals surface area contributed by atoms with Crippen LogP contribution in [0.3, 0.4) is 0 Å². The Morgan fingerprint density at radius 3 is 2.43 bits per heavy atom. The lowest BCUT2D eigenvalue weighted by Crippen LogP contribution is -2.31. The number of hydrogen-bond acceptors (Lipinski definition) is 4. The fraction of sp³-hybridized carbons (Fsp3) is 0.588. The van der Waals surface area contributed by atoms with Gasteiger partial charge in [0.05, 0.1) is 6.10 Å². The molecule has 1 N–H and O–H groups in total. The quantitative estimate of drug-likeness (QED) is 0.377. The monoisotopic (exact) mass is 295 g/mol. The van der Waals surface area contributed by atoms with Gasteiger partial charge in [-0.15, -0.1) is 0 Å². The van der Waals surface area contributed by atoms with Gasteiger partial charge in [0.1, 0.15) is 5.82 Å². The van der Waals surface area contributed by atoms with Gasteiger partial charge in [-0.2, -0.15) is 0 Å². The number of nitrogens with one attached hydrogen (secondary N) is 1. The first kappa shape index (κ1) is 21.6. The van der Waals surface area contributed by atoms with Crippen molar-refractivity contribution >= 4 is 6.72 Å². The third-order valence-electron chi connectivity index (χ3n) is 2.39. The molecule has 0 atom stereocenters. The molecule has 0 radical (unpaired) electrons. The SMILES string of the molecule is C=N/C(=C\C=C/C)N(CC)CCNC(=C)OC(C)C.CC. The largest absolute Gasteiger partial charge is 0.477 e. The molecule has 0 aliphatic carbocycles. The molecular formula is C17H33N3O. The van der Waals surface area contributed by atoms with Crippen molar-refractivity contribution in [2.45, 2.75) is 47.6 Å². The molecule has 21 heavy (non-hydrogen) atoms. The number of ether oxygens (including phenoxy) is 1. The van der Waals surface area contributed by atoms with Crippen molar-refractivity contribution in [3.63, 3.8) is 0 Å². The predicted molar refractivity (Wildman–Crippen MR) is 94.4 cm³/mol. The smallest absolute Gasteiger partial charge is 0.179 e. The van der Waals surface area contributed by atoms with Crippen LogP contribution in [-0.4, -0.2) is 37.4 Å². The Morgan fingerprint density at radius 2 is 2.00 bits per heavy atom. The Morgan fingerprint density at radius 1 is 1.38 bits per heavy atom. The van der Waals surface area contributed by atoms with E-state index in [1.807, 2.05) is 52.8 Å². The van der Waals surface area contributed by atoms with E-state index in [9.17, 15) is 0 Å². The van der Waals surface area contributed by atoms with Crippen LogP contribution in [0.1, 0.15) is 41.5 Å². The summed E-state index contributed by atoms with van der Waals surface area (Å²) < 4.78 is 5.43. The van der Waals surface area contributed by atoms with Gasteiger partial charge < -0.3 is 15.0 Å². The average Bonchev–Trinajstić information content (AvgIpc) is 2.47. The van der Waals surface area contributed by atoms with Crippen molar-refractivity contribution in [3.05, 3.63) is 36.5 Å². The van der Waals surface area contributed by atoms with Gasteiger partial charge in [-0.1, -0.05) is 26.0 Å². The second-order valence-electron chi connectivity index (χ2n) is 4.30. The van der Waals surface area contributed by atoms with E-state index in [-0.39, 0.29) is 6.10 Å². The van der Waals surface area contributed by atoms with Crippen molar-refractivity contribution in [2.24, 2.45) is 4.99 Å². The van der Waals surface area contributed by atoms with E-state index in [1.165, 1.54) is 0 Å². The Bertz CT molecular complexity index is 333. The minimum absolute atomic E-state index is 0.141. The summed E-state index contributed by atoms with van der Waals surface area (Å²) in [5.41, 5.74) is 0. The number of hydrogen-bond donors (Lipinski definition) is 1. The summed E-state index contributed by atoms with van der Waals surface area (Å²) in [4.78, 5) is 6.19. The third-order valence-corrected chi connectivity index (χ3v) is 2.39. The lowest BCUT2D eigenvalue weighted by atomic mass is 10.4. The number of allylic oxidation sites excluding steroid dienone is 3. The Labute approximate surface area is 131 Å². The molecule has 0 heterocycles. The Kier molecular flexibility index (Phi) is 15.1. The van der Waals surface area contributed by atoms with Crippen LogP contribution in [-0.2, 0) is 4.74 Å². The maximum Gasteiger partial charge on any atom is 0.179 e. The minimum Gasteiger partial charge on any atom is -0.477 e. The van der Waals surface area contributed by atoms with Crippen LogP contribution in [0.2, 0.25) is 0 Å². The summed E-state index contributed by atoms with van der Waals surface area (Å²) in [5.74, 6) is 1.48. The van der Waals surface area contributed by atoms with Gasteiger partial charge >= 0.3 is 0 Å². The van der Waals surface area contributed by atoms with E-state index in [0.29, 0.717) is 5.88 Å². The zero-order chi connectivity index (χ0) is 16.7. The van der Waals surface area contributed by atoms with Crippen LogP contribution in [0.15, 0.2) is 41.5 Å². The molecule has 0 saturated heterocycles. The van der Waals surface area contributed by atoms with Gasteiger partial charge in [0.25, 0.3) is 0 Å². The van der Waals surface area contributed by atoms with E-state index >= 15 is 0 Å². The normalized spacial score (nSPS) is 10.9. The molecule has 0 aliphatic rings. The molecule has 0 saturated carbocycles. The first-order valence-corrected chi connectivity index (χ1v) is 7.69. The van der Waals surface area contributed by atoms with Crippen LogP contribution in [0.4, 0.5) is 0 Å². The van der Waals surface area contributed by atoms with Crippen molar-refractivity contribution in [2.75, 3.05) is 19.6 Å². The standard InChI is InChI=1S/C15H27N3O.C2H6/c1-7-9-10-15(16-6)18(8-2)12-11-17-14(5)19-13(3)4;1-2/h7,9-10,13,17H,5-6,8,11-12H2,1-4H3;1-2H3/b9-7-,15-10+;. The molecule has 0 aliphatic heterocycles. The molecule has 0 spiro atoms. The zero-order valence-electron chi connectivity index (χ0n) is 14.6. The maximum absolute atomic E-state index is 5.43.